The van der Waals surface area contributed by atoms with Gasteiger partial charge < -0.3 is 14.2 Å². The van der Waals surface area contributed by atoms with Gasteiger partial charge in [0.05, 0.1) is 20.5 Å². The van der Waals surface area contributed by atoms with E-state index in [-0.39, 0.29) is 17.6 Å². The highest BCUT2D eigenvalue weighted by molar-refractivity contribution is 6.16. The highest BCUT2D eigenvalue weighted by Crippen LogP contribution is 2.31. The molecular weight excluding hydrogens is 312 g/mol. The third kappa shape index (κ3) is 3.92. The number of hydrogen-bond acceptors (Lipinski definition) is 7. The molecule has 0 fully saturated rings. The lowest BCUT2D eigenvalue weighted by Crippen LogP contribution is -2.05. The van der Waals surface area contributed by atoms with E-state index in [0.717, 1.165) is 6.42 Å². The van der Waals surface area contributed by atoms with E-state index in [0.29, 0.717) is 17.1 Å². The summed E-state index contributed by atoms with van der Waals surface area (Å²) in [6, 6.07) is 6.94. The molecule has 1 unspecified atom stereocenters. The fourth-order valence-electron chi connectivity index (χ4n) is 1.97. The van der Waals surface area contributed by atoms with Crippen molar-refractivity contribution in [2.45, 2.75) is 26.2 Å². The Morgan fingerprint density at radius 2 is 2.08 bits per heavy atom. The van der Waals surface area contributed by atoms with Crippen LogP contribution >= 0.6 is 0 Å². The minimum absolute atomic E-state index is 0.0133. The Morgan fingerprint density at radius 3 is 2.75 bits per heavy atom. The van der Waals surface area contributed by atoms with Crippen molar-refractivity contribution in [2.75, 3.05) is 14.2 Å². The number of esters is 1. The van der Waals surface area contributed by atoms with E-state index in [9.17, 15) is 4.79 Å². The number of carbonyl (C=O) groups is 1. The van der Waals surface area contributed by atoms with Gasteiger partial charge >= 0.3 is 12.0 Å². The molecule has 0 N–H and O–H groups in total. The maximum atomic E-state index is 12.0. The first-order valence-corrected chi connectivity index (χ1v) is 7.52. The Balaban J connectivity index is 2.33. The lowest BCUT2D eigenvalue weighted by Gasteiger charge is -2.10. The molecule has 0 aliphatic heterocycles. The van der Waals surface area contributed by atoms with Gasteiger partial charge in [0.25, 0.3) is 0 Å². The van der Waals surface area contributed by atoms with Crippen LogP contribution in [-0.4, -0.2) is 30.3 Å². The molecule has 1 heterocycles. The van der Waals surface area contributed by atoms with Gasteiger partial charge in [-0.05, 0) is 12.5 Å². The van der Waals surface area contributed by atoms with Crippen LogP contribution in [0, 0.1) is 0 Å². The highest BCUT2D eigenvalue weighted by atomic mass is 16.6. The highest BCUT2D eigenvalue weighted by Gasteiger charge is 2.20. The Kier molecular flexibility index (Phi) is 5.95. The van der Waals surface area contributed by atoms with Crippen molar-refractivity contribution in [2.24, 2.45) is 0 Å². The predicted molar refractivity (Wildman–Crippen MR) is 86.5 cm³/mol. The largest absolute Gasteiger partial charge is 0.503 e. The SMILES string of the molecule is CCC(C)c1noc(Oc2ccccc2/C(=C\OC)C(=O)OC)n1. The van der Waals surface area contributed by atoms with E-state index >= 15 is 0 Å². The zero-order valence-electron chi connectivity index (χ0n) is 14.1. The smallest absolute Gasteiger partial charge is 0.422 e. The first-order chi connectivity index (χ1) is 11.6. The summed E-state index contributed by atoms with van der Waals surface area (Å²) in [4.78, 5) is 16.2. The van der Waals surface area contributed by atoms with Crippen LogP contribution in [0.2, 0.25) is 0 Å². The van der Waals surface area contributed by atoms with Gasteiger partial charge in [0.1, 0.15) is 11.3 Å². The van der Waals surface area contributed by atoms with E-state index < -0.39 is 5.97 Å². The molecule has 0 saturated heterocycles. The number of nitrogens with zero attached hydrogens (tertiary/aromatic N) is 2. The molecule has 2 rings (SSSR count). The van der Waals surface area contributed by atoms with Crippen molar-refractivity contribution >= 4 is 11.5 Å². The number of methoxy groups -OCH3 is 2. The van der Waals surface area contributed by atoms with Crippen LogP contribution in [0.5, 0.6) is 11.8 Å². The van der Waals surface area contributed by atoms with Crippen LogP contribution in [0.1, 0.15) is 37.6 Å². The zero-order chi connectivity index (χ0) is 17.5. The van der Waals surface area contributed by atoms with E-state index in [2.05, 4.69) is 10.1 Å². The number of benzene rings is 1. The summed E-state index contributed by atoms with van der Waals surface area (Å²) in [6.45, 7) is 4.04. The van der Waals surface area contributed by atoms with Crippen molar-refractivity contribution in [1.29, 1.82) is 0 Å². The molecule has 0 aliphatic carbocycles. The van der Waals surface area contributed by atoms with Crippen molar-refractivity contribution in [3.63, 3.8) is 0 Å². The van der Waals surface area contributed by atoms with Gasteiger partial charge in [-0.2, -0.15) is 4.98 Å². The molecule has 1 aromatic carbocycles. The Bertz CT molecular complexity index is 723. The van der Waals surface area contributed by atoms with Gasteiger partial charge in [0.15, 0.2) is 5.82 Å². The summed E-state index contributed by atoms with van der Waals surface area (Å²) in [5.41, 5.74) is 0.715. The summed E-state index contributed by atoms with van der Waals surface area (Å²) in [7, 11) is 2.74. The number of rotatable bonds is 7. The summed E-state index contributed by atoms with van der Waals surface area (Å²) < 4.78 is 20.5. The third-order valence-electron chi connectivity index (χ3n) is 3.49. The summed E-state index contributed by atoms with van der Waals surface area (Å²) >= 11 is 0. The molecular formula is C17H20N2O5. The van der Waals surface area contributed by atoms with E-state index in [1.165, 1.54) is 20.5 Å². The molecule has 2 aromatic rings. The Hall–Kier alpha value is -2.83. The monoisotopic (exact) mass is 332 g/mol. The lowest BCUT2D eigenvalue weighted by molar-refractivity contribution is -0.133. The standard InChI is InChI=1S/C17H20N2O5/c1-5-11(2)15-18-17(24-19-15)23-14-9-7-6-8-12(14)13(10-21-3)16(20)22-4/h6-11H,5H2,1-4H3/b13-10+. The molecule has 0 radical (unpaired) electrons. The van der Waals surface area contributed by atoms with Crippen LogP contribution in [0.25, 0.3) is 5.57 Å². The van der Waals surface area contributed by atoms with Crippen LogP contribution in [0.3, 0.4) is 0 Å². The maximum absolute atomic E-state index is 12.0. The van der Waals surface area contributed by atoms with Crippen LogP contribution in [-0.2, 0) is 14.3 Å². The van der Waals surface area contributed by atoms with Crippen molar-refractivity contribution < 1.29 is 23.5 Å². The normalized spacial score (nSPS) is 12.6. The quantitative estimate of drug-likeness (QED) is 0.435. The average molecular weight is 332 g/mol. The topological polar surface area (TPSA) is 83.7 Å². The number of carbonyl (C=O) groups excluding carboxylic acids is 1. The minimum atomic E-state index is -0.543. The molecule has 7 heteroatoms. The molecule has 24 heavy (non-hydrogen) atoms. The molecule has 1 aromatic heterocycles. The minimum Gasteiger partial charge on any atom is -0.503 e. The summed E-state index contributed by atoms with van der Waals surface area (Å²) in [6.07, 6.45) is 2.20. The third-order valence-corrected chi connectivity index (χ3v) is 3.49. The molecule has 0 saturated carbocycles. The first kappa shape index (κ1) is 17.5. The summed E-state index contributed by atoms with van der Waals surface area (Å²) in [5.74, 6) is 0.579. The molecule has 0 bridgehead atoms. The second kappa shape index (κ2) is 8.14. The summed E-state index contributed by atoms with van der Waals surface area (Å²) in [5, 5.41) is 3.90. The average Bonchev–Trinajstić information content (AvgIpc) is 3.07. The fourth-order valence-corrected chi connectivity index (χ4v) is 1.97. The number of para-hydroxylation sites is 1. The van der Waals surface area contributed by atoms with Crippen molar-refractivity contribution in [3.8, 4) is 11.8 Å². The van der Waals surface area contributed by atoms with Gasteiger partial charge in [-0.3, -0.25) is 4.52 Å². The van der Waals surface area contributed by atoms with E-state index in [1.807, 2.05) is 13.8 Å². The van der Waals surface area contributed by atoms with Gasteiger partial charge in [0.2, 0.25) is 0 Å². The van der Waals surface area contributed by atoms with Crippen LogP contribution in [0.15, 0.2) is 35.1 Å². The number of ether oxygens (including phenoxy) is 3. The van der Waals surface area contributed by atoms with Gasteiger partial charge in [-0.1, -0.05) is 37.2 Å². The zero-order valence-corrected chi connectivity index (χ0v) is 14.1. The van der Waals surface area contributed by atoms with Gasteiger partial charge in [0, 0.05) is 11.5 Å². The second-order valence-electron chi connectivity index (χ2n) is 5.08. The number of hydrogen-bond donors (Lipinski definition) is 0. The Labute approximate surface area is 140 Å². The first-order valence-electron chi connectivity index (χ1n) is 7.52. The predicted octanol–water partition coefficient (Wildman–Crippen LogP) is 3.54. The van der Waals surface area contributed by atoms with Crippen molar-refractivity contribution in [3.05, 3.63) is 41.9 Å². The Morgan fingerprint density at radius 1 is 1.33 bits per heavy atom. The number of aromatic nitrogens is 2. The van der Waals surface area contributed by atoms with E-state index in [4.69, 9.17) is 18.7 Å². The van der Waals surface area contributed by atoms with Gasteiger partial charge in [-0.25, -0.2) is 4.79 Å². The molecule has 0 spiro atoms. The molecule has 7 nitrogen and oxygen atoms in total. The molecule has 128 valence electrons. The van der Waals surface area contributed by atoms with Crippen LogP contribution in [0.4, 0.5) is 0 Å². The maximum Gasteiger partial charge on any atom is 0.422 e. The molecule has 1 atom stereocenters. The molecule has 0 amide bonds. The second-order valence-corrected chi connectivity index (χ2v) is 5.08. The lowest BCUT2D eigenvalue weighted by atomic mass is 10.1. The van der Waals surface area contributed by atoms with Crippen molar-refractivity contribution in [1.82, 2.24) is 10.1 Å². The van der Waals surface area contributed by atoms with Crippen LogP contribution < -0.4 is 4.74 Å². The van der Waals surface area contributed by atoms with E-state index in [1.54, 1.807) is 24.3 Å². The fraction of sp³-hybridized carbons (Fsp3) is 0.353. The molecule has 0 aliphatic rings. The van der Waals surface area contributed by atoms with Gasteiger partial charge in [-0.15, -0.1) is 0 Å².